The quantitative estimate of drug-likeness (QED) is 0.381. The Balaban J connectivity index is 1.98. The first kappa shape index (κ1) is 18.7. The van der Waals surface area contributed by atoms with Crippen molar-refractivity contribution in [3.63, 3.8) is 0 Å². The Morgan fingerprint density at radius 2 is 1.56 bits per heavy atom. The minimum absolute atomic E-state index is 0.178. The number of hydrogen-bond donors (Lipinski definition) is 2. The van der Waals surface area contributed by atoms with Gasteiger partial charge in [-0.1, -0.05) is 72.7 Å². The van der Waals surface area contributed by atoms with Crippen LogP contribution < -0.4 is 4.72 Å². The van der Waals surface area contributed by atoms with Crippen molar-refractivity contribution in [2.75, 3.05) is 4.72 Å². The van der Waals surface area contributed by atoms with Gasteiger partial charge >= 0.3 is 0 Å². The first-order valence-electron chi connectivity index (χ1n) is 8.54. The largest absolute Gasteiger partial charge is 0.410 e. The van der Waals surface area contributed by atoms with Gasteiger partial charge in [0.05, 0.1) is 10.6 Å². The van der Waals surface area contributed by atoms with Crippen LogP contribution in [0.4, 0.5) is 5.69 Å². The van der Waals surface area contributed by atoms with E-state index in [0.717, 1.165) is 12.0 Å². The molecule has 0 aromatic heterocycles. The fourth-order valence-electron chi connectivity index (χ4n) is 2.75. The summed E-state index contributed by atoms with van der Waals surface area (Å²) in [5.41, 5.74) is 2.86. The van der Waals surface area contributed by atoms with Gasteiger partial charge in [0.1, 0.15) is 5.71 Å². The maximum absolute atomic E-state index is 12.8. The van der Waals surface area contributed by atoms with Crippen molar-refractivity contribution >= 4 is 21.4 Å². The fraction of sp³-hybridized carbons (Fsp3) is 0.0952. The van der Waals surface area contributed by atoms with Crippen LogP contribution in [-0.2, 0) is 16.4 Å². The van der Waals surface area contributed by atoms with E-state index in [9.17, 15) is 13.6 Å². The number of rotatable bonds is 6. The van der Waals surface area contributed by atoms with Crippen LogP contribution >= 0.6 is 0 Å². The molecule has 0 radical (unpaired) electrons. The van der Waals surface area contributed by atoms with Gasteiger partial charge in [0, 0.05) is 11.1 Å². The standard InChI is InChI=1S/C21H20N2O3S/c1-2-16-12-14-18(15-13-16)27(25,26)23-20-11-7-6-10-19(20)21(22-24)17-8-4-3-5-9-17/h3-15,23-24H,2H2,1H3. The fourth-order valence-corrected chi connectivity index (χ4v) is 3.83. The molecule has 3 aromatic rings. The van der Waals surface area contributed by atoms with E-state index in [4.69, 9.17) is 0 Å². The van der Waals surface area contributed by atoms with Crippen LogP contribution in [0.2, 0.25) is 0 Å². The van der Waals surface area contributed by atoms with E-state index in [-0.39, 0.29) is 10.6 Å². The smallest absolute Gasteiger partial charge is 0.261 e. The van der Waals surface area contributed by atoms with E-state index in [1.807, 2.05) is 25.1 Å². The summed E-state index contributed by atoms with van der Waals surface area (Å²) in [6.45, 7) is 2.01. The summed E-state index contributed by atoms with van der Waals surface area (Å²) in [5.74, 6) is 0. The van der Waals surface area contributed by atoms with Crippen LogP contribution in [0.3, 0.4) is 0 Å². The molecule has 5 nitrogen and oxygen atoms in total. The third-order valence-electron chi connectivity index (χ3n) is 4.22. The lowest BCUT2D eigenvalue weighted by molar-refractivity contribution is 0.319. The average molecular weight is 380 g/mol. The van der Waals surface area contributed by atoms with Crippen LogP contribution in [0.15, 0.2) is 88.9 Å². The molecule has 0 spiro atoms. The van der Waals surface area contributed by atoms with E-state index in [2.05, 4.69) is 9.88 Å². The third-order valence-corrected chi connectivity index (χ3v) is 5.60. The number of sulfonamides is 1. The summed E-state index contributed by atoms with van der Waals surface area (Å²) >= 11 is 0. The summed E-state index contributed by atoms with van der Waals surface area (Å²) in [6, 6.07) is 22.7. The van der Waals surface area contributed by atoms with Crippen molar-refractivity contribution in [1.82, 2.24) is 0 Å². The molecule has 0 saturated heterocycles. The SMILES string of the molecule is CCc1ccc(S(=O)(=O)Nc2ccccc2C(=NO)c2ccccc2)cc1. The highest BCUT2D eigenvalue weighted by molar-refractivity contribution is 7.92. The molecule has 0 aliphatic rings. The van der Waals surface area contributed by atoms with Crippen molar-refractivity contribution in [3.8, 4) is 0 Å². The highest BCUT2D eigenvalue weighted by Crippen LogP contribution is 2.23. The number of para-hydroxylation sites is 1. The van der Waals surface area contributed by atoms with E-state index in [0.29, 0.717) is 16.8 Å². The second kappa shape index (κ2) is 8.05. The number of nitrogens with one attached hydrogen (secondary N) is 1. The number of oxime groups is 1. The molecule has 0 aliphatic carbocycles. The molecule has 3 aromatic carbocycles. The number of benzene rings is 3. The van der Waals surface area contributed by atoms with Crippen molar-refractivity contribution in [3.05, 3.63) is 95.6 Å². The lowest BCUT2D eigenvalue weighted by Gasteiger charge is -2.14. The third kappa shape index (κ3) is 4.17. The summed E-state index contributed by atoms with van der Waals surface area (Å²) in [5, 5.41) is 12.9. The van der Waals surface area contributed by atoms with E-state index >= 15 is 0 Å². The average Bonchev–Trinajstić information content (AvgIpc) is 2.70. The molecule has 0 fully saturated rings. The Morgan fingerprint density at radius 3 is 2.19 bits per heavy atom. The highest BCUT2D eigenvalue weighted by atomic mass is 32.2. The van der Waals surface area contributed by atoms with Crippen LogP contribution in [0.25, 0.3) is 0 Å². The summed E-state index contributed by atoms with van der Waals surface area (Å²) in [6.07, 6.45) is 0.837. The Bertz CT molecular complexity index is 1040. The Hall–Kier alpha value is -3.12. The van der Waals surface area contributed by atoms with Crippen molar-refractivity contribution in [1.29, 1.82) is 0 Å². The summed E-state index contributed by atoms with van der Waals surface area (Å²) in [4.78, 5) is 0.178. The van der Waals surface area contributed by atoms with Gasteiger partial charge in [-0.3, -0.25) is 4.72 Å². The number of aryl methyl sites for hydroxylation is 1. The normalized spacial score (nSPS) is 12.0. The molecule has 2 N–H and O–H groups in total. The molecule has 0 atom stereocenters. The summed E-state index contributed by atoms with van der Waals surface area (Å²) in [7, 11) is -3.77. The van der Waals surface area contributed by atoms with Gasteiger partial charge in [-0.15, -0.1) is 0 Å². The first-order chi connectivity index (χ1) is 13.0. The monoisotopic (exact) mass is 380 g/mol. The number of anilines is 1. The predicted octanol–water partition coefficient (Wildman–Crippen LogP) is 4.28. The van der Waals surface area contributed by atoms with Crippen molar-refractivity contribution in [2.24, 2.45) is 5.16 Å². The van der Waals surface area contributed by atoms with Gasteiger partial charge in [0.25, 0.3) is 10.0 Å². The van der Waals surface area contributed by atoms with Gasteiger partial charge in [-0.05, 0) is 30.2 Å². The van der Waals surface area contributed by atoms with Crippen LogP contribution in [0, 0.1) is 0 Å². The molecule has 0 bridgehead atoms. The van der Waals surface area contributed by atoms with Gasteiger partial charge in [-0.25, -0.2) is 8.42 Å². The Labute approximate surface area is 159 Å². The zero-order chi connectivity index (χ0) is 19.3. The van der Waals surface area contributed by atoms with Gasteiger partial charge in [0.15, 0.2) is 0 Å². The molecule has 3 rings (SSSR count). The summed E-state index contributed by atoms with van der Waals surface area (Å²) < 4.78 is 28.2. The van der Waals surface area contributed by atoms with E-state index in [1.165, 1.54) is 0 Å². The minimum atomic E-state index is -3.77. The second-order valence-corrected chi connectivity index (χ2v) is 7.65. The van der Waals surface area contributed by atoms with Crippen LogP contribution in [0.1, 0.15) is 23.6 Å². The lowest BCUT2D eigenvalue weighted by atomic mass is 10.0. The molecule has 27 heavy (non-hydrogen) atoms. The number of nitrogens with zero attached hydrogens (tertiary/aromatic N) is 1. The Kier molecular flexibility index (Phi) is 5.57. The first-order valence-corrected chi connectivity index (χ1v) is 10.0. The molecule has 0 unspecified atom stereocenters. The molecule has 0 saturated carbocycles. The predicted molar refractivity (Wildman–Crippen MR) is 107 cm³/mol. The molecule has 0 aliphatic heterocycles. The molecular formula is C21H20N2O3S. The maximum atomic E-state index is 12.8. The van der Waals surface area contributed by atoms with Gasteiger partial charge < -0.3 is 5.21 Å². The van der Waals surface area contributed by atoms with Crippen molar-refractivity contribution in [2.45, 2.75) is 18.2 Å². The van der Waals surface area contributed by atoms with E-state index < -0.39 is 10.0 Å². The van der Waals surface area contributed by atoms with E-state index in [1.54, 1.807) is 60.7 Å². The molecule has 0 heterocycles. The second-order valence-electron chi connectivity index (χ2n) is 5.96. The van der Waals surface area contributed by atoms with Crippen LogP contribution in [0.5, 0.6) is 0 Å². The van der Waals surface area contributed by atoms with Crippen LogP contribution in [-0.4, -0.2) is 19.3 Å². The topological polar surface area (TPSA) is 78.8 Å². The lowest BCUT2D eigenvalue weighted by Crippen LogP contribution is -2.16. The van der Waals surface area contributed by atoms with Gasteiger partial charge in [0.2, 0.25) is 0 Å². The number of hydrogen-bond acceptors (Lipinski definition) is 4. The molecule has 6 heteroatoms. The van der Waals surface area contributed by atoms with Crippen molar-refractivity contribution < 1.29 is 13.6 Å². The minimum Gasteiger partial charge on any atom is -0.410 e. The zero-order valence-electron chi connectivity index (χ0n) is 14.8. The molecular weight excluding hydrogens is 360 g/mol. The molecule has 138 valence electrons. The zero-order valence-corrected chi connectivity index (χ0v) is 15.6. The Morgan fingerprint density at radius 1 is 0.926 bits per heavy atom. The maximum Gasteiger partial charge on any atom is 0.261 e. The molecule has 0 amide bonds. The highest BCUT2D eigenvalue weighted by Gasteiger charge is 2.18. The van der Waals surface area contributed by atoms with Gasteiger partial charge in [-0.2, -0.15) is 0 Å².